The summed E-state index contributed by atoms with van der Waals surface area (Å²) >= 11 is 0. The van der Waals surface area contributed by atoms with Gasteiger partial charge in [-0.2, -0.15) is 0 Å². The molecule has 2 aromatic rings. The third kappa shape index (κ3) is 2.22. The summed E-state index contributed by atoms with van der Waals surface area (Å²) in [5.41, 5.74) is 0.593. The molecule has 6 heteroatoms. The molecule has 0 radical (unpaired) electrons. The van der Waals surface area contributed by atoms with Crippen LogP contribution in [0.1, 0.15) is 22.6 Å². The average Bonchev–Trinajstić information content (AvgIpc) is 3.14. The van der Waals surface area contributed by atoms with E-state index in [9.17, 15) is 4.79 Å². The van der Waals surface area contributed by atoms with Gasteiger partial charge in [-0.3, -0.25) is 4.79 Å². The van der Waals surface area contributed by atoms with Gasteiger partial charge in [0.25, 0.3) is 5.91 Å². The Morgan fingerprint density at radius 3 is 3.19 bits per heavy atom. The van der Waals surface area contributed by atoms with E-state index in [1.54, 1.807) is 24.4 Å². The van der Waals surface area contributed by atoms with Crippen LogP contribution in [-0.2, 0) is 13.0 Å². The van der Waals surface area contributed by atoms with Gasteiger partial charge in [0, 0.05) is 37.0 Å². The van der Waals surface area contributed by atoms with Crippen LogP contribution in [0.15, 0.2) is 30.6 Å². The maximum atomic E-state index is 12.3. The summed E-state index contributed by atoms with van der Waals surface area (Å²) in [6.07, 6.45) is 5.55. The third-order valence-corrected chi connectivity index (χ3v) is 3.91. The first-order chi connectivity index (χ1) is 10.3. The van der Waals surface area contributed by atoms with E-state index in [0.29, 0.717) is 17.1 Å². The van der Waals surface area contributed by atoms with Crippen LogP contribution < -0.4 is 14.8 Å². The molecule has 0 spiro atoms. The molecule has 1 atom stereocenters. The van der Waals surface area contributed by atoms with E-state index in [2.05, 4.69) is 14.9 Å². The van der Waals surface area contributed by atoms with Gasteiger partial charge in [-0.1, -0.05) is 0 Å². The summed E-state index contributed by atoms with van der Waals surface area (Å²) in [5.74, 6) is 2.32. The van der Waals surface area contributed by atoms with E-state index in [-0.39, 0.29) is 18.7 Å². The number of carbonyl (C=O) groups excluding carboxylic acids is 1. The number of rotatable bonds is 2. The molecular formula is C15H15N3O3. The van der Waals surface area contributed by atoms with Gasteiger partial charge in [0.05, 0.1) is 0 Å². The minimum absolute atomic E-state index is 0.0816. The Hall–Kier alpha value is -2.50. The summed E-state index contributed by atoms with van der Waals surface area (Å²) in [4.78, 5) is 16.6. The fourth-order valence-corrected chi connectivity index (χ4v) is 2.79. The number of benzene rings is 1. The highest BCUT2D eigenvalue weighted by molar-refractivity contribution is 5.95. The Labute approximate surface area is 121 Å². The van der Waals surface area contributed by atoms with Crippen molar-refractivity contribution in [1.29, 1.82) is 0 Å². The van der Waals surface area contributed by atoms with Gasteiger partial charge in [0.15, 0.2) is 11.5 Å². The van der Waals surface area contributed by atoms with E-state index in [1.807, 2.05) is 6.20 Å². The predicted molar refractivity (Wildman–Crippen MR) is 74.4 cm³/mol. The van der Waals surface area contributed by atoms with E-state index in [4.69, 9.17) is 9.47 Å². The second-order valence-corrected chi connectivity index (χ2v) is 5.27. The Morgan fingerprint density at radius 2 is 2.24 bits per heavy atom. The monoisotopic (exact) mass is 285 g/mol. The largest absolute Gasteiger partial charge is 0.454 e. The minimum Gasteiger partial charge on any atom is -0.454 e. The molecule has 6 nitrogen and oxygen atoms in total. The normalized spacial score (nSPS) is 19.1. The Kier molecular flexibility index (Phi) is 2.80. The van der Waals surface area contributed by atoms with Crippen molar-refractivity contribution in [2.45, 2.75) is 25.4 Å². The van der Waals surface area contributed by atoms with Crippen LogP contribution in [0.25, 0.3) is 0 Å². The lowest BCUT2D eigenvalue weighted by Gasteiger charge is -2.24. The third-order valence-electron chi connectivity index (χ3n) is 3.91. The average molecular weight is 285 g/mol. The minimum atomic E-state index is -0.0816. The van der Waals surface area contributed by atoms with Crippen molar-refractivity contribution in [2.24, 2.45) is 0 Å². The molecule has 4 rings (SSSR count). The smallest absolute Gasteiger partial charge is 0.251 e. The molecular weight excluding hydrogens is 270 g/mol. The van der Waals surface area contributed by atoms with Gasteiger partial charge in [-0.15, -0.1) is 0 Å². The first kappa shape index (κ1) is 12.3. The summed E-state index contributed by atoms with van der Waals surface area (Å²) < 4.78 is 12.6. The molecule has 1 aromatic heterocycles. The number of hydrogen-bond donors (Lipinski definition) is 1. The number of hydrogen-bond acceptors (Lipinski definition) is 4. The Bertz CT molecular complexity index is 695. The highest BCUT2D eigenvalue weighted by Gasteiger charge is 2.22. The number of aryl methyl sites for hydroxylation is 1. The molecule has 0 fully saturated rings. The van der Waals surface area contributed by atoms with Gasteiger partial charge in [-0.25, -0.2) is 4.98 Å². The molecule has 1 aromatic carbocycles. The standard InChI is InChI=1S/C15H15N3O3/c19-15(10-1-3-12-13(7-10)21-9-20-12)17-11-2-4-14-16-5-6-18(14)8-11/h1,3,5-7,11H,2,4,8-9H2,(H,17,19). The van der Waals surface area contributed by atoms with Crippen molar-refractivity contribution in [3.63, 3.8) is 0 Å². The summed E-state index contributed by atoms with van der Waals surface area (Å²) in [6, 6.07) is 5.38. The second kappa shape index (κ2) is 4.80. The fourth-order valence-electron chi connectivity index (χ4n) is 2.79. The zero-order valence-corrected chi connectivity index (χ0v) is 11.4. The zero-order valence-electron chi connectivity index (χ0n) is 11.4. The molecule has 21 heavy (non-hydrogen) atoms. The molecule has 108 valence electrons. The van der Waals surface area contributed by atoms with Crippen molar-refractivity contribution in [1.82, 2.24) is 14.9 Å². The molecule has 2 aliphatic rings. The topological polar surface area (TPSA) is 65.4 Å². The van der Waals surface area contributed by atoms with Crippen LogP contribution in [-0.4, -0.2) is 28.3 Å². The van der Waals surface area contributed by atoms with Gasteiger partial charge in [-0.05, 0) is 24.6 Å². The molecule has 0 saturated heterocycles. The number of fused-ring (bicyclic) bond motifs is 2. The van der Waals surface area contributed by atoms with Crippen LogP contribution in [0.2, 0.25) is 0 Å². The molecule has 3 heterocycles. The molecule has 1 unspecified atom stereocenters. The summed E-state index contributed by atoms with van der Waals surface area (Å²) in [7, 11) is 0. The Balaban J connectivity index is 1.47. The van der Waals surface area contributed by atoms with Crippen molar-refractivity contribution < 1.29 is 14.3 Å². The van der Waals surface area contributed by atoms with Crippen LogP contribution >= 0.6 is 0 Å². The first-order valence-electron chi connectivity index (χ1n) is 7.00. The molecule has 1 N–H and O–H groups in total. The van der Waals surface area contributed by atoms with Gasteiger partial charge in [0.2, 0.25) is 6.79 Å². The number of nitrogens with one attached hydrogen (secondary N) is 1. The van der Waals surface area contributed by atoms with Gasteiger partial charge >= 0.3 is 0 Å². The van der Waals surface area contributed by atoms with Gasteiger partial charge in [0.1, 0.15) is 5.82 Å². The lowest BCUT2D eigenvalue weighted by Crippen LogP contribution is -2.40. The maximum Gasteiger partial charge on any atom is 0.251 e. The lowest BCUT2D eigenvalue weighted by molar-refractivity contribution is 0.0927. The summed E-state index contributed by atoms with van der Waals surface area (Å²) in [5, 5.41) is 3.07. The lowest BCUT2D eigenvalue weighted by atomic mass is 10.1. The molecule has 0 bridgehead atoms. The van der Waals surface area contributed by atoms with Crippen molar-refractivity contribution in [2.75, 3.05) is 6.79 Å². The van der Waals surface area contributed by atoms with Crippen LogP contribution in [0.3, 0.4) is 0 Å². The van der Waals surface area contributed by atoms with Crippen LogP contribution in [0, 0.1) is 0 Å². The predicted octanol–water partition coefficient (Wildman–Crippen LogP) is 1.36. The Morgan fingerprint density at radius 1 is 1.33 bits per heavy atom. The number of imidazole rings is 1. The highest BCUT2D eigenvalue weighted by Crippen LogP contribution is 2.32. The van der Waals surface area contributed by atoms with E-state index < -0.39 is 0 Å². The second-order valence-electron chi connectivity index (χ2n) is 5.27. The van der Waals surface area contributed by atoms with E-state index in [0.717, 1.165) is 25.2 Å². The zero-order chi connectivity index (χ0) is 14.2. The SMILES string of the molecule is O=C(NC1CCc2nccn2C1)c1ccc2c(c1)OCO2. The van der Waals surface area contributed by atoms with Gasteiger partial charge < -0.3 is 19.4 Å². The van der Waals surface area contributed by atoms with Crippen LogP contribution in [0.5, 0.6) is 11.5 Å². The quantitative estimate of drug-likeness (QED) is 0.904. The van der Waals surface area contributed by atoms with E-state index in [1.165, 1.54) is 0 Å². The van der Waals surface area contributed by atoms with Crippen molar-refractivity contribution >= 4 is 5.91 Å². The maximum absolute atomic E-state index is 12.3. The van der Waals surface area contributed by atoms with E-state index >= 15 is 0 Å². The van der Waals surface area contributed by atoms with Crippen LogP contribution in [0.4, 0.5) is 0 Å². The first-order valence-corrected chi connectivity index (χ1v) is 7.00. The van der Waals surface area contributed by atoms with Crippen molar-refractivity contribution in [3.05, 3.63) is 42.0 Å². The number of carbonyl (C=O) groups is 1. The number of nitrogens with zero attached hydrogens (tertiary/aromatic N) is 2. The fraction of sp³-hybridized carbons (Fsp3) is 0.333. The molecule has 2 aliphatic heterocycles. The summed E-state index contributed by atoms with van der Waals surface area (Å²) in [6.45, 7) is 0.984. The molecule has 0 aliphatic carbocycles. The molecule has 0 saturated carbocycles. The van der Waals surface area contributed by atoms with Crippen molar-refractivity contribution in [3.8, 4) is 11.5 Å². The highest BCUT2D eigenvalue weighted by atomic mass is 16.7. The number of amides is 1. The molecule has 1 amide bonds. The number of aromatic nitrogens is 2. The number of ether oxygens (including phenoxy) is 2.